The molecule has 0 radical (unpaired) electrons. The maximum atomic E-state index is 12.1. The Kier molecular flexibility index (Phi) is 7.82. The van der Waals surface area contributed by atoms with Crippen molar-refractivity contribution in [2.24, 2.45) is 17.8 Å². The molecule has 3 unspecified atom stereocenters. The van der Waals surface area contributed by atoms with Crippen molar-refractivity contribution in [3.8, 4) is 0 Å². The van der Waals surface area contributed by atoms with Crippen molar-refractivity contribution in [3.63, 3.8) is 0 Å². The molecule has 4 nitrogen and oxygen atoms in total. The van der Waals surface area contributed by atoms with Gasteiger partial charge in [-0.25, -0.2) is 4.79 Å². The Balaban J connectivity index is 0.00000242. The van der Waals surface area contributed by atoms with Gasteiger partial charge in [0.2, 0.25) is 0 Å². The van der Waals surface area contributed by atoms with Crippen molar-refractivity contribution >= 4 is 5.97 Å². The number of carbonyl (C=O) groups excluding carboxylic acids is 1. The maximum absolute atomic E-state index is 12.1. The minimum absolute atomic E-state index is 0. The molecule has 22 heavy (non-hydrogen) atoms. The number of halogens is 1. The third-order valence-corrected chi connectivity index (χ3v) is 5.10. The molecular weight excluding hydrogens is 393 g/mol. The Morgan fingerprint density at radius 2 is 2.00 bits per heavy atom. The number of nitrogens with zero attached hydrogens (tertiary/aromatic N) is 1. The van der Waals surface area contributed by atoms with Crippen molar-refractivity contribution in [2.75, 3.05) is 46.5 Å². The number of esters is 1. The zero-order valence-corrected chi connectivity index (χ0v) is 16.5. The molecule has 1 fully saturated rings. The summed E-state index contributed by atoms with van der Waals surface area (Å²) in [5, 5.41) is 0. The van der Waals surface area contributed by atoms with Gasteiger partial charge in [-0.1, -0.05) is 25.5 Å². The summed E-state index contributed by atoms with van der Waals surface area (Å²) in [4.78, 5) is 12.1. The fraction of sp³-hybridized carbons (Fsp3) is 0.824. The third kappa shape index (κ3) is 5.49. The first-order chi connectivity index (χ1) is 9.89. The highest BCUT2D eigenvalue weighted by Crippen LogP contribution is 2.33. The minimum Gasteiger partial charge on any atom is -1.00 e. The summed E-state index contributed by atoms with van der Waals surface area (Å²) in [5.41, 5.74) is 1.46. The van der Waals surface area contributed by atoms with Crippen LogP contribution in [0, 0.1) is 17.8 Å². The van der Waals surface area contributed by atoms with Gasteiger partial charge in [-0.2, -0.15) is 0 Å². The van der Waals surface area contributed by atoms with Gasteiger partial charge in [0, 0.05) is 5.92 Å². The van der Waals surface area contributed by atoms with Gasteiger partial charge >= 0.3 is 5.97 Å². The Morgan fingerprint density at radius 3 is 2.59 bits per heavy atom. The SMILES string of the molecule is CC1=CC(C)C(COC(=O)C[N+]2(C)CCOCC2)C(C)C1.[I-]. The summed E-state index contributed by atoms with van der Waals surface area (Å²) >= 11 is 0. The molecule has 1 aliphatic heterocycles. The number of likely N-dealkylation sites (N-methyl/N-ethyl adjacent to an activating group) is 1. The molecule has 2 aliphatic rings. The van der Waals surface area contributed by atoms with Crippen LogP contribution in [0.1, 0.15) is 27.2 Å². The predicted octanol–water partition coefficient (Wildman–Crippen LogP) is -0.751. The van der Waals surface area contributed by atoms with Gasteiger partial charge in [-0.05, 0) is 25.2 Å². The maximum Gasteiger partial charge on any atom is 0.361 e. The fourth-order valence-corrected chi connectivity index (χ4v) is 3.62. The normalized spacial score (nSPS) is 30.9. The predicted molar refractivity (Wildman–Crippen MR) is 82.8 cm³/mol. The van der Waals surface area contributed by atoms with Crippen LogP contribution >= 0.6 is 0 Å². The fourth-order valence-electron chi connectivity index (χ4n) is 3.62. The van der Waals surface area contributed by atoms with E-state index in [-0.39, 0.29) is 29.9 Å². The van der Waals surface area contributed by atoms with E-state index in [1.807, 2.05) is 0 Å². The minimum atomic E-state index is -0.0647. The van der Waals surface area contributed by atoms with E-state index in [0.29, 0.717) is 30.9 Å². The highest BCUT2D eigenvalue weighted by molar-refractivity contribution is 5.70. The second-order valence-corrected chi connectivity index (χ2v) is 7.24. The van der Waals surface area contributed by atoms with Gasteiger partial charge < -0.3 is 37.9 Å². The Bertz CT molecular complexity index is 405. The monoisotopic (exact) mass is 423 g/mol. The first-order valence-electron chi connectivity index (χ1n) is 8.14. The van der Waals surface area contributed by atoms with Gasteiger partial charge in [0.1, 0.15) is 13.1 Å². The van der Waals surface area contributed by atoms with Gasteiger partial charge in [0.25, 0.3) is 0 Å². The van der Waals surface area contributed by atoms with Crippen LogP contribution in [0.3, 0.4) is 0 Å². The summed E-state index contributed by atoms with van der Waals surface area (Å²) in [7, 11) is 2.11. The Morgan fingerprint density at radius 1 is 1.36 bits per heavy atom. The largest absolute Gasteiger partial charge is 1.00 e. The van der Waals surface area contributed by atoms with Crippen LogP contribution in [0.2, 0.25) is 0 Å². The summed E-state index contributed by atoms with van der Waals surface area (Å²) < 4.78 is 11.7. The van der Waals surface area contributed by atoms with Crippen LogP contribution in [-0.2, 0) is 14.3 Å². The lowest BCUT2D eigenvalue weighted by atomic mass is 9.75. The highest BCUT2D eigenvalue weighted by atomic mass is 127. The van der Waals surface area contributed by atoms with E-state index in [1.54, 1.807) is 0 Å². The summed E-state index contributed by atoms with van der Waals surface area (Å²) in [5.74, 6) is 1.47. The van der Waals surface area contributed by atoms with Crippen molar-refractivity contribution in [1.29, 1.82) is 0 Å². The van der Waals surface area contributed by atoms with Crippen molar-refractivity contribution in [3.05, 3.63) is 11.6 Å². The zero-order valence-electron chi connectivity index (χ0n) is 14.3. The summed E-state index contributed by atoms with van der Waals surface area (Å²) in [6.07, 6.45) is 3.45. The molecule has 1 heterocycles. The number of morpholine rings is 1. The number of hydrogen-bond donors (Lipinski definition) is 0. The molecule has 1 saturated heterocycles. The number of rotatable bonds is 4. The standard InChI is InChI=1S/C17H30NO3.HI/c1-13-9-14(2)16(15(3)10-13)12-21-17(19)11-18(4)5-7-20-8-6-18;/h9,14-16H,5-8,10-12H2,1-4H3;1H/q+1;/p-1. The van der Waals surface area contributed by atoms with Gasteiger partial charge in [0.15, 0.2) is 6.54 Å². The number of carbonyl (C=O) groups is 1. The van der Waals surface area contributed by atoms with Crippen LogP contribution in [0.4, 0.5) is 0 Å². The molecule has 0 N–H and O–H groups in total. The molecule has 0 bridgehead atoms. The topological polar surface area (TPSA) is 35.5 Å². The molecule has 3 atom stereocenters. The molecule has 2 rings (SSSR count). The smallest absolute Gasteiger partial charge is 0.361 e. The van der Waals surface area contributed by atoms with Crippen molar-refractivity contribution in [2.45, 2.75) is 27.2 Å². The van der Waals surface area contributed by atoms with E-state index in [0.717, 1.165) is 37.2 Å². The van der Waals surface area contributed by atoms with Crippen LogP contribution in [-0.4, -0.2) is 57.0 Å². The molecule has 1 aliphatic carbocycles. The van der Waals surface area contributed by atoms with Crippen molar-refractivity contribution in [1.82, 2.24) is 0 Å². The van der Waals surface area contributed by atoms with E-state index in [4.69, 9.17) is 9.47 Å². The zero-order chi connectivity index (χ0) is 15.5. The quantitative estimate of drug-likeness (QED) is 0.259. The third-order valence-electron chi connectivity index (χ3n) is 5.10. The summed E-state index contributed by atoms with van der Waals surface area (Å²) in [6, 6.07) is 0. The molecule has 0 amide bonds. The second kappa shape index (κ2) is 8.64. The molecule has 128 valence electrons. The van der Waals surface area contributed by atoms with Gasteiger partial charge in [-0.15, -0.1) is 0 Å². The number of allylic oxidation sites excluding steroid dienone is 2. The van der Waals surface area contributed by atoms with E-state index in [1.165, 1.54) is 5.57 Å². The summed E-state index contributed by atoms with van der Waals surface area (Å²) in [6.45, 7) is 11.0. The first-order valence-corrected chi connectivity index (χ1v) is 8.14. The lowest BCUT2D eigenvalue weighted by molar-refractivity contribution is -0.910. The average Bonchev–Trinajstić information content (AvgIpc) is 2.37. The molecule has 0 spiro atoms. The van der Waals surface area contributed by atoms with E-state index < -0.39 is 0 Å². The van der Waals surface area contributed by atoms with Crippen LogP contribution < -0.4 is 24.0 Å². The molecule has 0 aromatic carbocycles. The molecule has 0 saturated carbocycles. The van der Waals surface area contributed by atoms with E-state index in [9.17, 15) is 4.79 Å². The lowest BCUT2D eigenvalue weighted by Gasteiger charge is -2.37. The lowest BCUT2D eigenvalue weighted by Crippen LogP contribution is -3.00. The number of hydrogen-bond acceptors (Lipinski definition) is 3. The van der Waals surface area contributed by atoms with E-state index >= 15 is 0 Å². The van der Waals surface area contributed by atoms with Crippen LogP contribution in [0.25, 0.3) is 0 Å². The van der Waals surface area contributed by atoms with Gasteiger partial charge in [0.05, 0.1) is 26.9 Å². The molecule has 5 heteroatoms. The van der Waals surface area contributed by atoms with Crippen LogP contribution in [0.5, 0.6) is 0 Å². The average molecular weight is 423 g/mol. The van der Waals surface area contributed by atoms with Crippen LogP contribution in [0.15, 0.2) is 11.6 Å². The molecule has 0 aromatic heterocycles. The first kappa shape index (κ1) is 19.9. The van der Waals surface area contributed by atoms with Gasteiger partial charge in [-0.3, -0.25) is 0 Å². The highest BCUT2D eigenvalue weighted by Gasteiger charge is 2.31. The molecule has 0 aromatic rings. The number of quaternary nitrogens is 1. The van der Waals surface area contributed by atoms with E-state index in [2.05, 4.69) is 33.9 Å². The molecular formula is C17H30INO3. The number of ether oxygens (including phenoxy) is 2. The second-order valence-electron chi connectivity index (χ2n) is 7.24. The Hall–Kier alpha value is -0.140. The Labute approximate surface area is 151 Å². The van der Waals surface area contributed by atoms with Crippen molar-refractivity contribution < 1.29 is 42.7 Å².